The fourth-order valence-electron chi connectivity index (χ4n) is 3.44. The third-order valence-corrected chi connectivity index (χ3v) is 6.91. The van der Waals surface area contributed by atoms with Crippen LogP contribution in [0.15, 0.2) is 82.8 Å². The maximum atomic E-state index is 12.8. The lowest BCUT2D eigenvalue weighted by molar-refractivity contribution is -0.384. The van der Waals surface area contributed by atoms with Gasteiger partial charge >= 0.3 is 5.97 Å². The number of amides is 1. The number of benzene rings is 3. The number of nitro benzene ring substituents is 1. The molecule has 0 radical (unpaired) electrons. The molecule has 1 atom stereocenters. The number of carbonyl (C=O) groups excluding carboxylic acids is 2. The normalized spacial score (nSPS) is 12.3. The molecule has 0 heterocycles. The van der Waals surface area contributed by atoms with Crippen molar-refractivity contribution in [2.75, 3.05) is 0 Å². The standard InChI is InChI=1S/C27H28N4O7S/c1-18(2)15-25(30-39(36,37)24-13-7-19(3)8-14-24)26(32)29-28-17-20-9-11-23(12-10-20)38-27(33)21-5-4-6-22(16-21)31(34)35/h4-14,16-18,25,30H,15H2,1-3H3,(H,29,32)/b28-17-/t25-/m0/s1. The zero-order valence-corrected chi connectivity index (χ0v) is 22.3. The highest BCUT2D eigenvalue weighted by Gasteiger charge is 2.26. The molecule has 0 aliphatic heterocycles. The summed E-state index contributed by atoms with van der Waals surface area (Å²) >= 11 is 0. The van der Waals surface area contributed by atoms with Gasteiger partial charge in [0.15, 0.2) is 0 Å². The van der Waals surface area contributed by atoms with Crippen LogP contribution in [-0.2, 0) is 14.8 Å². The summed E-state index contributed by atoms with van der Waals surface area (Å²) in [6.45, 7) is 5.59. The van der Waals surface area contributed by atoms with E-state index in [1.807, 2.05) is 20.8 Å². The van der Waals surface area contributed by atoms with E-state index in [0.717, 1.165) is 11.6 Å². The molecule has 0 aromatic heterocycles. The summed E-state index contributed by atoms with van der Waals surface area (Å²) in [5.41, 5.74) is 3.65. The molecule has 204 valence electrons. The van der Waals surface area contributed by atoms with E-state index in [2.05, 4.69) is 15.2 Å². The van der Waals surface area contributed by atoms with Gasteiger partial charge in [0.05, 0.1) is 21.6 Å². The summed E-state index contributed by atoms with van der Waals surface area (Å²) in [5, 5.41) is 14.8. The van der Waals surface area contributed by atoms with Crippen LogP contribution < -0.4 is 14.9 Å². The molecule has 0 bridgehead atoms. The van der Waals surface area contributed by atoms with E-state index in [-0.39, 0.29) is 34.2 Å². The maximum absolute atomic E-state index is 12.8. The van der Waals surface area contributed by atoms with Gasteiger partial charge in [-0.1, -0.05) is 37.6 Å². The number of non-ortho nitro benzene ring substituents is 1. The number of ether oxygens (including phenoxy) is 1. The number of carbonyl (C=O) groups is 2. The van der Waals surface area contributed by atoms with Crippen LogP contribution in [0.5, 0.6) is 5.75 Å². The second kappa shape index (κ2) is 12.9. The van der Waals surface area contributed by atoms with Gasteiger partial charge in [-0.25, -0.2) is 18.6 Å². The van der Waals surface area contributed by atoms with Gasteiger partial charge < -0.3 is 4.74 Å². The van der Waals surface area contributed by atoms with Crippen molar-refractivity contribution in [1.29, 1.82) is 0 Å². The van der Waals surface area contributed by atoms with Crippen molar-refractivity contribution in [3.63, 3.8) is 0 Å². The first kappa shape index (κ1) is 29.1. The number of hydrogen-bond donors (Lipinski definition) is 2. The number of nitrogens with one attached hydrogen (secondary N) is 2. The maximum Gasteiger partial charge on any atom is 0.343 e. The number of hydrazone groups is 1. The van der Waals surface area contributed by atoms with E-state index >= 15 is 0 Å². The van der Waals surface area contributed by atoms with E-state index in [9.17, 15) is 28.1 Å². The summed E-state index contributed by atoms with van der Waals surface area (Å²) in [6, 6.07) is 16.6. The van der Waals surface area contributed by atoms with Crippen molar-refractivity contribution in [2.24, 2.45) is 11.0 Å². The Kier molecular flexibility index (Phi) is 9.63. The highest BCUT2D eigenvalue weighted by atomic mass is 32.2. The zero-order chi connectivity index (χ0) is 28.6. The monoisotopic (exact) mass is 552 g/mol. The molecular formula is C27H28N4O7S. The van der Waals surface area contributed by atoms with Crippen molar-refractivity contribution in [2.45, 2.75) is 38.1 Å². The average molecular weight is 553 g/mol. The third-order valence-electron chi connectivity index (χ3n) is 5.42. The first-order valence-electron chi connectivity index (χ1n) is 11.9. The summed E-state index contributed by atoms with van der Waals surface area (Å²) in [5.74, 6) is -1.13. The number of hydrogen-bond acceptors (Lipinski definition) is 8. The Balaban J connectivity index is 1.61. The molecule has 0 fully saturated rings. The molecule has 39 heavy (non-hydrogen) atoms. The molecule has 3 rings (SSSR count). The van der Waals surface area contributed by atoms with E-state index in [1.54, 1.807) is 24.3 Å². The Hall–Kier alpha value is -4.42. The lowest BCUT2D eigenvalue weighted by Crippen LogP contribution is -2.46. The number of nitro groups is 1. The molecular weight excluding hydrogens is 524 g/mol. The molecule has 11 nitrogen and oxygen atoms in total. The van der Waals surface area contributed by atoms with Crippen LogP contribution >= 0.6 is 0 Å². The SMILES string of the molecule is Cc1ccc(S(=O)(=O)N[C@@H](CC(C)C)C(=O)N/N=C\c2ccc(OC(=O)c3cccc([N+](=O)[O-])c3)cc2)cc1. The molecule has 0 aliphatic carbocycles. The molecule has 0 unspecified atom stereocenters. The van der Waals surface area contributed by atoms with Crippen molar-refractivity contribution in [3.05, 3.63) is 99.6 Å². The Bertz CT molecular complexity index is 1470. The minimum Gasteiger partial charge on any atom is -0.423 e. The molecule has 2 N–H and O–H groups in total. The summed E-state index contributed by atoms with van der Waals surface area (Å²) in [6.07, 6.45) is 1.61. The largest absolute Gasteiger partial charge is 0.423 e. The molecule has 0 spiro atoms. The van der Waals surface area contributed by atoms with Gasteiger partial charge in [-0.15, -0.1) is 0 Å². The van der Waals surface area contributed by atoms with Gasteiger partial charge in [0.1, 0.15) is 11.8 Å². The average Bonchev–Trinajstić information content (AvgIpc) is 2.89. The molecule has 3 aromatic carbocycles. The van der Waals surface area contributed by atoms with Crippen molar-refractivity contribution in [3.8, 4) is 5.75 Å². The number of sulfonamides is 1. The number of nitrogens with zero attached hydrogens (tertiary/aromatic N) is 2. The second-order valence-electron chi connectivity index (χ2n) is 9.12. The van der Waals surface area contributed by atoms with Crippen LogP contribution in [0.3, 0.4) is 0 Å². The molecule has 0 aliphatic rings. The first-order chi connectivity index (χ1) is 18.4. The minimum absolute atomic E-state index is 0.0303. The van der Waals surface area contributed by atoms with E-state index in [0.29, 0.717) is 5.56 Å². The lowest BCUT2D eigenvalue weighted by Gasteiger charge is -2.19. The Morgan fingerprint density at radius 1 is 1.05 bits per heavy atom. The fraction of sp³-hybridized carbons (Fsp3) is 0.222. The number of aryl methyl sites for hydroxylation is 1. The van der Waals surface area contributed by atoms with Crippen LogP contribution in [0, 0.1) is 23.0 Å². The molecule has 3 aromatic rings. The lowest BCUT2D eigenvalue weighted by atomic mass is 10.0. The highest BCUT2D eigenvalue weighted by molar-refractivity contribution is 7.89. The predicted molar refractivity (Wildman–Crippen MR) is 145 cm³/mol. The van der Waals surface area contributed by atoms with Gasteiger partial charge in [0.2, 0.25) is 10.0 Å². The quantitative estimate of drug-likeness (QED) is 0.120. The van der Waals surface area contributed by atoms with Crippen LogP contribution in [0.25, 0.3) is 0 Å². The summed E-state index contributed by atoms with van der Waals surface area (Å²) in [7, 11) is -3.92. The molecule has 0 saturated heterocycles. The predicted octanol–water partition coefficient (Wildman–Crippen LogP) is 3.97. The van der Waals surface area contributed by atoms with Crippen molar-refractivity contribution >= 4 is 33.8 Å². The van der Waals surface area contributed by atoms with Crippen LogP contribution in [0.4, 0.5) is 5.69 Å². The first-order valence-corrected chi connectivity index (χ1v) is 13.4. The number of esters is 1. The van der Waals surface area contributed by atoms with Gasteiger partial charge in [-0.3, -0.25) is 14.9 Å². The third kappa shape index (κ3) is 8.55. The fourth-order valence-corrected chi connectivity index (χ4v) is 4.64. The number of rotatable bonds is 11. The Morgan fingerprint density at radius 2 is 1.72 bits per heavy atom. The van der Waals surface area contributed by atoms with Gasteiger partial charge in [-0.2, -0.15) is 9.82 Å². The summed E-state index contributed by atoms with van der Waals surface area (Å²) in [4.78, 5) is 35.4. The minimum atomic E-state index is -3.92. The van der Waals surface area contributed by atoms with E-state index < -0.39 is 32.9 Å². The van der Waals surface area contributed by atoms with Gasteiger partial charge in [0, 0.05) is 12.1 Å². The molecule has 0 saturated carbocycles. The Morgan fingerprint density at radius 3 is 2.33 bits per heavy atom. The van der Waals surface area contributed by atoms with Crippen LogP contribution in [0.1, 0.15) is 41.8 Å². The zero-order valence-electron chi connectivity index (χ0n) is 21.5. The topological polar surface area (TPSA) is 157 Å². The molecule has 12 heteroatoms. The van der Waals surface area contributed by atoms with Crippen molar-refractivity contribution in [1.82, 2.24) is 10.1 Å². The van der Waals surface area contributed by atoms with Gasteiger partial charge in [-0.05, 0) is 67.3 Å². The van der Waals surface area contributed by atoms with Crippen LogP contribution in [-0.4, -0.2) is 37.5 Å². The Labute approximate surface area is 226 Å². The summed E-state index contributed by atoms with van der Waals surface area (Å²) < 4.78 is 33.3. The molecule has 1 amide bonds. The van der Waals surface area contributed by atoms with Crippen LogP contribution in [0.2, 0.25) is 0 Å². The highest BCUT2D eigenvalue weighted by Crippen LogP contribution is 2.17. The second-order valence-corrected chi connectivity index (χ2v) is 10.8. The van der Waals surface area contributed by atoms with Gasteiger partial charge in [0.25, 0.3) is 11.6 Å². The van der Waals surface area contributed by atoms with E-state index in [1.165, 1.54) is 48.7 Å². The van der Waals surface area contributed by atoms with E-state index in [4.69, 9.17) is 4.74 Å². The van der Waals surface area contributed by atoms with Crippen molar-refractivity contribution < 1.29 is 27.7 Å². The smallest absolute Gasteiger partial charge is 0.343 e.